The molecule has 0 aliphatic carbocycles. The zero-order chi connectivity index (χ0) is 11.3. The molecule has 1 rings (SSSR count). The highest BCUT2D eigenvalue weighted by Gasteiger charge is 2.08. The van der Waals surface area contributed by atoms with Gasteiger partial charge in [-0.15, -0.1) is 0 Å². The molecule has 0 spiro atoms. The van der Waals surface area contributed by atoms with E-state index in [-0.39, 0.29) is 0 Å². The summed E-state index contributed by atoms with van der Waals surface area (Å²) < 4.78 is 5.93. The van der Waals surface area contributed by atoms with Crippen molar-refractivity contribution in [2.75, 3.05) is 7.11 Å². The first-order chi connectivity index (χ1) is 7.22. The molecule has 0 heterocycles. The first-order valence-corrected chi connectivity index (χ1v) is 5.11. The standard InChI is InChI=1S/C11H9BrN2O/c1-15-10-6-8(2-4-13)11(12)9(7-10)3-5-14/h6-7H,2-3H2,1H3. The number of hydrogen-bond acceptors (Lipinski definition) is 3. The fraction of sp³-hybridized carbons (Fsp3) is 0.273. The number of hydrogen-bond donors (Lipinski definition) is 0. The van der Waals surface area contributed by atoms with Crippen LogP contribution in [-0.4, -0.2) is 7.11 Å². The van der Waals surface area contributed by atoms with Gasteiger partial charge in [-0.25, -0.2) is 0 Å². The second-order valence-corrected chi connectivity index (χ2v) is 3.72. The van der Waals surface area contributed by atoms with E-state index in [0.717, 1.165) is 15.6 Å². The van der Waals surface area contributed by atoms with Gasteiger partial charge in [0, 0.05) is 4.47 Å². The number of halogens is 1. The molecule has 0 aliphatic rings. The van der Waals surface area contributed by atoms with Gasteiger partial charge in [0.15, 0.2) is 0 Å². The van der Waals surface area contributed by atoms with Crippen molar-refractivity contribution >= 4 is 15.9 Å². The van der Waals surface area contributed by atoms with Gasteiger partial charge in [0.25, 0.3) is 0 Å². The minimum absolute atomic E-state index is 0.302. The largest absolute Gasteiger partial charge is 0.497 e. The van der Waals surface area contributed by atoms with Crippen LogP contribution in [0.25, 0.3) is 0 Å². The van der Waals surface area contributed by atoms with Crippen molar-refractivity contribution in [3.05, 3.63) is 27.7 Å². The Labute approximate surface area is 97.0 Å². The molecule has 0 N–H and O–H groups in total. The van der Waals surface area contributed by atoms with Crippen LogP contribution in [0.3, 0.4) is 0 Å². The lowest BCUT2D eigenvalue weighted by atomic mass is 10.1. The summed E-state index contributed by atoms with van der Waals surface area (Å²) in [6.45, 7) is 0. The van der Waals surface area contributed by atoms with E-state index in [9.17, 15) is 0 Å². The van der Waals surface area contributed by atoms with Crippen molar-refractivity contribution < 1.29 is 4.74 Å². The van der Waals surface area contributed by atoms with Crippen molar-refractivity contribution in [2.24, 2.45) is 0 Å². The summed E-state index contributed by atoms with van der Waals surface area (Å²) in [6, 6.07) is 7.75. The Balaban J connectivity index is 3.22. The molecule has 0 amide bonds. The van der Waals surface area contributed by atoms with E-state index in [1.807, 2.05) is 0 Å². The summed E-state index contributed by atoms with van der Waals surface area (Å²) in [6.07, 6.45) is 0.604. The molecule has 0 saturated carbocycles. The monoisotopic (exact) mass is 264 g/mol. The molecule has 0 aliphatic heterocycles. The molecule has 4 heteroatoms. The molecule has 0 atom stereocenters. The summed E-state index contributed by atoms with van der Waals surface area (Å²) in [5, 5.41) is 17.3. The maximum absolute atomic E-state index is 8.65. The highest BCUT2D eigenvalue weighted by Crippen LogP contribution is 2.28. The van der Waals surface area contributed by atoms with E-state index >= 15 is 0 Å². The van der Waals surface area contributed by atoms with Crippen LogP contribution in [0.1, 0.15) is 11.1 Å². The Bertz CT molecular complexity index is 406. The molecule has 3 nitrogen and oxygen atoms in total. The van der Waals surface area contributed by atoms with Gasteiger partial charge in [-0.05, 0) is 23.3 Å². The third-order valence-electron chi connectivity index (χ3n) is 1.97. The molecule has 0 aromatic heterocycles. The Kier molecular flexibility index (Phi) is 4.15. The third kappa shape index (κ3) is 2.71. The van der Waals surface area contributed by atoms with Crippen molar-refractivity contribution in [3.63, 3.8) is 0 Å². The van der Waals surface area contributed by atoms with Gasteiger partial charge in [0.2, 0.25) is 0 Å². The Morgan fingerprint density at radius 1 is 1.20 bits per heavy atom. The smallest absolute Gasteiger partial charge is 0.119 e. The van der Waals surface area contributed by atoms with Crippen LogP contribution < -0.4 is 4.74 Å². The molecule has 0 saturated heterocycles. The summed E-state index contributed by atoms with van der Waals surface area (Å²) in [5.41, 5.74) is 1.70. The number of rotatable bonds is 3. The lowest BCUT2D eigenvalue weighted by Crippen LogP contribution is -1.94. The van der Waals surface area contributed by atoms with Crippen LogP contribution in [-0.2, 0) is 12.8 Å². The van der Waals surface area contributed by atoms with E-state index < -0.39 is 0 Å². The molecular weight excluding hydrogens is 256 g/mol. The Morgan fingerprint density at radius 3 is 2.00 bits per heavy atom. The maximum atomic E-state index is 8.65. The van der Waals surface area contributed by atoms with Gasteiger partial charge in [-0.1, -0.05) is 15.9 Å². The molecule has 0 radical (unpaired) electrons. The molecule has 0 unspecified atom stereocenters. The van der Waals surface area contributed by atoms with Crippen LogP contribution in [0.2, 0.25) is 0 Å². The van der Waals surface area contributed by atoms with Crippen LogP contribution in [0.4, 0.5) is 0 Å². The highest BCUT2D eigenvalue weighted by molar-refractivity contribution is 9.10. The summed E-state index contributed by atoms with van der Waals surface area (Å²) in [7, 11) is 1.57. The molecule has 0 bridgehead atoms. The molecule has 1 aromatic rings. The first kappa shape index (κ1) is 11.6. The lowest BCUT2D eigenvalue weighted by molar-refractivity contribution is 0.414. The third-order valence-corrected chi connectivity index (χ3v) is 2.99. The zero-order valence-electron chi connectivity index (χ0n) is 8.25. The second-order valence-electron chi connectivity index (χ2n) is 2.93. The van der Waals surface area contributed by atoms with Gasteiger partial charge in [-0.3, -0.25) is 0 Å². The predicted octanol–water partition coefficient (Wildman–Crippen LogP) is 2.59. The number of nitriles is 2. The summed E-state index contributed by atoms with van der Waals surface area (Å²) in [4.78, 5) is 0. The fourth-order valence-corrected chi connectivity index (χ4v) is 1.77. The van der Waals surface area contributed by atoms with Crippen LogP contribution in [0, 0.1) is 22.7 Å². The summed E-state index contributed by atoms with van der Waals surface area (Å²) in [5.74, 6) is 0.675. The lowest BCUT2D eigenvalue weighted by Gasteiger charge is -2.08. The van der Waals surface area contributed by atoms with Crippen molar-refractivity contribution in [2.45, 2.75) is 12.8 Å². The SMILES string of the molecule is COc1cc(CC#N)c(Br)c(CC#N)c1. The van der Waals surface area contributed by atoms with E-state index in [2.05, 4.69) is 28.1 Å². The van der Waals surface area contributed by atoms with E-state index in [4.69, 9.17) is 15.3 Å². The van der Waals surface area contributed by atoms with Crippen LogP contribution >= 0.6 is 15.9 Å². The molecule has 0 fully saturated rings. The number of benzene rings is 1. The minimum Gasteiger partial charge on any atom is -0.497 e. The van der Waals surface area contributed by atoms with Crippen LogP contribution in [0.15, 0.2) is 16.6 Å². The Hall–Kier alpha value is -1.52. The normalized spacial score (nSPS) is 9.07. The van der Waals surface area contributed by atoms with E-state index in [1.165, 1.54) is 0 Å². The van der Waals surface area contributed by atoms with E-state index in [0.29, 0.717) is 18.6 Å². The van der Waals surface area contributed by atoms with Crippen molar-refractivity contribution in [3.8, 4) is 17.9 Å². The maximum Gasteiger partial charge on any atom is 0.119 e. The first-order valence-electron chi connectivity index (χ1n) is 4.32. The molecule has 76 valence electrons. The molecule has 1 aromatic carbocycles. The quantitative estimate of drug-likeness (QED) is 0.843. The number of ether oxygens (including phenoxy) is 1. The number of methoxy groups -OCH3 is 1. The van der Waals surface area contributed by atoms with Crippen molar-refractivity contribution in [1.82, 2.24) is 0 Å². The van der Waals surface area contributed by atoms with Gasteiger partial charge < -0.3 is 4.74 Å². The van der Waals surface area contributed by atoms with Gasteiger partial charge in [-0.2, -0.15) is 10.5 Å². The molecule has 15 heavy (non-hydrogen) atoms. The van der Waals surface area contributed by atoms with Gasteiger partial charge in [0.1, 0.15) is 5.75 Å². The number of nitrogens with zero attached hydrogens (tertiary/aromatic N) is 2. The van der Waals surface area contributed by atoms with Crippen LogP contribution in [0.5, 0.6) is 5.75 Å². The highest BCUT2D eigenvalue weighted by atomic mass is 79.9. The minimum atomic E-state index is 0.302. The zero-order valence-corrected chi connectivity index (χ0v) is 9.84. The van der Waals surface area contributed by atoms with Gasteiger partial charge in [0.05, 0.1) is 32.1 Å². The topological polar surface area (TPSA) is 56.8 Å². The predicted molar refractivity (Wildman–Crippen MR) is 59.3 cm³/mol. The molecular formula is C11H9BrN2O. The fourth-order valence-electron chi connectivity index (χ4n) is 1.26. The average molecular weight is 265 g/mol. The van der Waals surface area contributed by atoms with E-state index in [1.54, 1.807) is 19.2 Å². The average Bonchev–Trinajstić information content (AvgIpc) is 2.24. The second kappa shape index (κ2) is 5.38. The van der Waals surface area contributed by atoms with Crippen molar-refractivity contribution in [1.29, 1.82) is 10.5 Å². The Morgan fingerprint density at radius 2 is 1.67 bits per heavy atom. The summed E-state index contributed by atoms with van der Waals surface area (Å²) >= 11 is 3.39. The van der Waals surface area contributed by atoms with Gasteiger partial charge >= 0.3 is 0 Å².